The molecule has 0 radical (unpaired) electrons. The summed E-state index contributed by atoms with van der Waals surface area (Å²) < 4.78 is 13.5. The number of halogens is 1. The van der Waals surface area contributed by atoms with Gasteiger partial charge in [0, 0.05) is 13.2 Å². The van der Waals surface area contributed by atoms with E-state index < -0.39 is 17.6 Å². The van der Waals surface area contributed by atoms with Crippen molar-refractivity contribution in [3.05, 3.63) is 29.6 Å². The van der Waals surface area contributed by atoms with E-state index >= 15 is 0 Å². The Bertz CT molecular complexity index is 514. The minimum atomic E-state index is -0.899. The highest BCUT2D eigenvalue weighted by Gasteiger charge is 2.17. The van der Waals surface area contributed by atoms with Crippen LogP contribution in [0.25, 0.3) is 0 Å². The van der Waals surface area contributed by atoms with Crippen molar-refractivity contribution in [2.45, 2.75) is 33.1 Å². The zero-order valence-electron chi connectivity index (χ0n) is 13.0. The lowest BCUT2D eigenvalue weighted by atomic mass is 10.0. The van der Waals surface area contributed by atoms with E-state index in [-0.39, 0.29) is 18.2 Å². The minimum Gasteiger partial charge on any atom is -0.396 e. The number of rotatable bonds is 7. The smallest absolute Gasteiger partial charge is 0.313 e. The molecule has 1 unspecified atom stereocenters. The fourth-order valence-corrected chi connectivity index (χ4v) is 2.17. The number of carbonyl (C=O) groups is 2. The molecule has 0 saturated carbocycles. The molecule has 6 heteroatoms. The Morgan fingerprint density at radius 2 is 2.00 bits per heavy atom. The number of carbonyl (C=O) groups excluding carboxylic acids is 2. The van der Waals surface area contributed by atoms with Crippen LogP contribution in [0.5, 0.6) is 0 Å². The summed E-state index contributed by atoms with van der Waals surface area (Å²) in [7, 11) is 0. The van der Waals surface area contributed by atoms with Gasteiger partial charge in [-0.2, -0.15) is 0 Å². The van der Waals surface area contributed by atoms with Gasteiger partial charge in [0.25, 0.3) is 0 Å². The highest BCUT2D eigenvalue weighted by atomic mass is 19.1. The van der Waals surface area contributed by atoms with Crippen LogP contribution in [0.1, 0.15) is 31.7 Å². The molecular weight excluding hydrogens is 287 g/mol. The van der Waals surface area contributed by atoms with Crippen LogP contribution < -0.4 is 10.6 Å². The van der Waals surface area contributed by atoms with Gasteiger partial charge < -0.3 is 15.7 Å². The highest BCUT2D eigenvalue weighted by molar-refractivity contribution is 6.39. The van der Waals surface area contributed by atoms with Crippen molar-refractivity contribution in [1.82, 2.24) is 5.32 Å². The number of aryl methyl sites for hydroxylation is 1. The van der Waals surface area contributed by atoms with E-state index in [4.69, 9.17) is 5.11 Å². The summed E-state index contributed by atoms with van der Waals surface area (Å²) in [4.78, 5) is 23.5. The first-order chi connectivity index (χ1) is 10.5. The normalized spacial score (nSPS) is 11.8. The maximum absolute atomic E-state index is 13.5. The molecule has 1 aromatic rings. The molecular formula is C16H23FN2O3. The fourth-order valence-electron chi connectivity index (χ4n) is 2.17. The molecule has 22 heavy (non-hydrogen) atoms. The van der Waals surface area contributed by atoms with Crippen molar-refractivity contribution in [3.63, 3.8) is 0 Å². The van der Waals surface area contributed by atoms with Crippen LogP contribution in [0.3, 0.4) is 0 Å². The maximum Gasteiger partial charge on any atom is 0.313 e. The highest BCUT2D eigenvalue weighted by Crippen LogP contribution is 2.15. The van der Waals surface area contributed by atoms with Crippen molar-refractivity contribution in [3.8, 4) is 0 Å². The lowest BCUT2D eigenvalue weighted by Gasteiger charge is -2.15. The Morgan fingerprint density at radius 1 is 1.27 bits per heavy atom. The SMILES string of the molecule is CCCC(CCO)CNC(=O)C(=O)Nc1cc(C)ccc1F. The largest absolute Gasteiger partial charge is 0.396 e. The molecule has 0 heterocycles. The number of benzene rings is 1. The number of hydrogen-bond acceptors (Lipinski definition) is 3. The summed E-state index contributed by atoms with van der Waals surface area (Å²) in [6.07, 6.45) is 2.36. The molecule has 0 fully saturated rings. The Morgan fingerprint density at radius 3 is 2.64 bits per heavy atom. The minimum absolute atomic E-state index is 0.0133. The lowest BCUT2D eigenvalue weighted by molar-refractivity contribution is -0.136. The topological polar surface area (TPSA) is 78.4 Å². The molecule has 0 aliphatic heterocycles. The average Bonchev–Trinajstić information content (AvgIpc) is 2.48. The first-order valence-corrected chi connectivity index (χ1v) is 7.44. The van der Waals surface area contributed by atoms with Crippen LogP contribution in [0, 0.1) is 18.7 Å². The van der Waals surface area contributed by atoms with E-state index in [0.717, 1.165) is 18.4 Å². The summed E-state index contributed by atoms with van der Waals surface area (Å²) in [5, 5.41) is 13.7. The van der Waals surface area contributed by atoms with Crippen LogP contribution in [-0.4, -0.2) is 30.1 Å². The van der Waals surface area contributed by atoms with E-state index in [0.29, 0.717) is 13.0 Å². The fraction of sp³-hybridized carbons (Fsp3) is 0.500. The molecule has 0 saturated heterocycles. The van der Waals surface area contributed by atoms with E-state index in [9.17, 15) is 14.0 Å². The van der Waals surface area contributed by atoms with Gasteiger partial charge in [-0.25, -0.2) is 4.39 Å². The van der Waals surface area contributed by atoms with Gasteiger partial charge in [0.2, 0.25) is 0 Å². The second-order valence-electron chi connectivity index (χ2n) is 5.31. The first-order valence-electron chi connectivity index (χ1n) is 7.44. The van der Waals surface area contributed by atoms with Gasteiger partial charge in [0.15, 0.2) is 0 Å². The molecule has 3 N–H and O–H groups in total. The maximum atomic E-state index is 13.5. The number of aliphatic hydroxyl groups is 1. The van der Waals surface area contributed by atoms with Crippen LogP contribution in [0.2, 0.25) is 0 Å². The van der Waals surface area contributed by atoms with Gasteiger partial charge in [0.05, 0.1) is 5.69 Å². The van der Waals surface area contributed by atoms with Crippen LogP contribution in [0.15, 0.2) is 18.2 Å². The van der Waals surface area contributed by atoms with Crippen molar-refractivity contribution in [1.29, 1.82) is 0 Å². The predicted octanol–water partition coefficient (Wildman–Crippen LogP) is 1.99. The third-order valence-corrected chi connectivity index (χ3v) is 3.36. The molecule has 0 aromatic heterocycles. The van der Waals surface area contributed by atoms with Gasteiger partial charge in [0.1, 0.15) is 5.82 Å². The molecule has 122 valence electrons. The summed E-state index contributed by atoms with van der Waals surface area (Å²) in [5.41, 5.74) is 0.767. The molecule has 5 nitrogen and oxygen atoms in total. The monoisotopic (exact) mass is 310 g/mol. The van der Waals surface area contributed by atoms with Gasteiger partial charge in [-0.05, 0) is 43.4 Å². The second kappa shape index (κ2) is 9.15. The Balaban J connectivity index is 2.54. The van der Waals surface area contributed by atoms with Crippen LogP contribution in [-0.2, 0) is 9.59 Å². The number of anilines is 1. The zero-order chi connectivity index (χ0) is 16.5. The number of aliphatic hydroxyl groups excluding tert-OH is 1. The zero-order valence-corrected chi connectivity index (χ0v) is 13.0. The molecule has 1 aromatic carbocycles. The Hall–Kier alpha value is -1.95. The number of hydrogen-bond donors (Lipinski definition) is 3. The summed E-state index contributed by atoms with van der Waals surface area (Å²) in [5.74, 6) is -2.16. The van der Waals surface area contributed by atoms with E-state index in [1.54, 1.807) is 13.0 Å². The van der Waals surface area contributed by atoms with Gasteiger partial charge >= 0.3 is 11.8 Å². The first kappa shape index (κ1) is 18.1. The lowest BCUT2D eigenvalue weighted by Crippen LogP contribution is -2.38. The van der Waals surface area contributed by atoms with Gasteiger partial charge in [-0.15, -0.1) is 0 Å². The molecule has 1 atom stereocenters. The van der Waals surface area contributed by atoms with Crippen molar-refractivity contribution in [2.24, 2.45) is 5.92 Å². The molecule has 0 aliphatic rings. The molecule has 0 spiro atoms. The van der Waals surface area contributed by atoms with E-state index in [1.807, 2.05) is 6.92 Å². The van der Waals surface area contributed by atoms with E-state index in [1.165, 1.54) is 12.1 Å². The van der Waals surface area contributed by atoms with Crippen molar-refractivity contribution < 1.29 is 19.1 Å². The number of amides is 2. The van der Waals surface area contributed by atoms with Gasteiger partial charge in [-0.3, -0.25) is 9.59 Å². The average molecular weight is 310 g/mol. The Kier molecular flexibility index (Phi) is 7.52. The molecule has 2 amide bonds. The second-order valence-corrected chi connectivity index (χ2v) is 5.31. The predicted molar refractivity (Wildman–Crippen MR) is 82.9 cm³/mol. The quantitative estimate of drug-likeness (QED) is 0.674. The Labute approximate surface area is 129 Å². The standard InChI is InChI=1S/C16H23FN2O3/c1-3-4-12(7-8-20)10-18-15(21)16(22)19-14-9-11(2)5-6-13(14)17/h5-6,9,12,20H,3-4,7-8,10H2,1-2H3,(H,18,21)(H,19,22). The number of nitrogens with one attached hydrogen (secondary N) is 2. The van der Waals surface area contributed by atoms with E-state index in [2.05, 4.69) is 10.6 Å². The molecule has 0 bridgehead atoms. The summed E-state index contributed by atoms with van der Waals surface area (Å²) in [6, 6.07) is 4.28. The van der Waals surface area contributed by atoms with Gasteiger partial charge in [-0.1, -0.05) is 19.4 Å². The van der Waals surface area contributed by atoms with Crippen molar-refractivity contribution >= 4 is 17.5 Å². The molecule has 0 aliphatic carbocycles. The summed E-state index contributed by atoms with van der Waals surface area (Å²) in [6.45, 7) is 4.14. The van der Waals surface area contributed by atoms with Crippen molar-refractivity contribution in [2.75, 3.05) is 18.5 Å². The third kappa shape index (κ3) is 5.81. The summed E-state index contributed by atoms with van der Waals surface area (Å²) >= 11 is 0. The van der Waals surface area contributed by atoms with Crippen LogP contribution >= 0.6 is 0 Å². The third-order valence-electron chi connectivity index (χ3n) is 3.36. The van der Waals surface area contributed by atoms with Crippen LogP contribution in [0.4, 0.5) is 10.1 Å². The molecule has 1 rings (SSSR count).